The topological polar surface area (TPSA) is 23.8 Å². The number of hydrogen-bond donors (Lipinski definition) is 0. The molecule has 80 valence electrons. The predicted molar refractivity (Wildman–Crippen MR) is 53.8 cm³/mol. The van der Waals surface area contributed by atoms with Crippen molar-refractivity contribution in [2.24, 2.45) is 0 Å². The minimum absolute atomic E-state index is 0.390. The minimum atomic E-state index is -4.99. The molecule has 0 unspecified atom stereocenters. The third-order valence-electron chi connectivity index (χ3n) is 2.27. The number of nitrogens with zero attached hydrogens (tertiary/aromatic N) is 1. The average Bonchev–Trinajstić information content (AvgIpc) is 2.17. The van der Waals surface area contributed by atoms with Crippen LogP contribution in [-0.4, -0.2) is 6.98 Å². The maximum Gasteiger partial charge on any atom is 0.509 e. The van der Waals surface area contributed by atoms with Crippen molar-refractivity contribution in [1.82, 2.24) is 0 Å². The Labute approximate surface area is 86.6 Å². The molecule has 0 bridgehead atoms. The van der Waals surface area contributed by atoms with Crippen LogP contribution in [-0.2, 0) is 5.41 Å². The van der Waals surface area contributed by atoms with Gasteiger partial charge in [0.05, 0.1) is 11.5 Å². The lowest BCUT2D eigenvalue weighted by Crippen LogP contribution is -2.35. The van der Waals surface area contributed by atoms with Gasteiger partial charge in [0.15, 0.2) is 0 Å². The van der Waals surface area contributed by atoms with Crippen LogP contribution in [0, 0.1) is 11.3 Å². The van der Waals surface area contributed by atoms with E-state index in [2.05, 4.69) is 0 Å². The molecule has 0 amide bonds. The quantitative estimate of drug-likeness (QED) is 0.691. The molecule has 1 nitrogen and oxygen atoms in total. The fourth-order valence-corrected chi connectivity index (χ4v) is 1.20. The first-order chi connectivity index (χ1) is 6.77. The van der Waals surface area contributed by atoms with E-state index in [0.717, 1.165) is 12.1 Å². The number of benzene rings is 1. The van der Waals surface area contributed by atoms with Crippen LogP contribution >= 0.6 is 0 Å². The molecule has 0 N–H and O–H groups in total. The highest BCUT2D eigenvalue weighted by molar-refractivity contribution is 6.73. The molecule has 1 aromatic carbocycles. The van der Waals surface area contributed by atoms with E-state index in [1.165, 1.54) is 12.1 Å². The summed E-state index contributed by atoms with van der Waals surface area (Å²) in [5.74, 6) is 0. The summed E-state index contributed by atoms with van der Waals surface area (Å²) in [6.45, 7) is -1.81. The molecule has 1 aromatic rings. The molecule has 1 rings (SSSR count). The monoisotopic (exact) mass is 212 g/mol. The fraction of sp³-hybridized carbons (Fsp3) is 0.300. The summed E-state index contributed by atoms with van der Waals surface area (Å²) in [4.78, 5) is 0. The van der Waals surface area contributed by atoms with Gasteiger partial charge in [0.1, 0.15) is 0 Å². The van der Waals surface area contributed by atoms with Crippen LogP contribution in [0.25, 0.3) is 0 Å². The first-order valence-corrected chi connectivity index (χ1v) is 4.49. The Hall–Kier alpha value is -1.44. The van der Waals surface area contributed by atoms with Gasteiger partial charge < -0.3 is 12.9 Å². The van der Waals surface area contributed by atoms with E-state index in [9.17, 15) is 12.9 Å². The normalized spacial score (nSPS) is 12.3. The van der Waals surface area contributed by atoms with Gasteiger partial charge in [-0.05, 0) is 19.4 Å². The maximum atomic E-state index is 12.4. The molecule has 15 heavy (non-hydrogen) atoms. The number of hydrogen-bond acceptors (Lipinski definition) is 1. The van der Waals surface area contributed by atoms with Gasteiger partial charge in [0.2, 0.25) is 0 Å². The SMILES string of the molecule is CC(C)(C#N)c1cccc([B-](F)(F)F)c1. The van der Waals surface area contributed by atoms with E-state index < -0.39 is 17.9 Å². The standard InChI is InChI=1S/C10H10BF3N/c1-10(2,7-15)8-4-3-5-9(6-8)11(12,13)14/h3-6H,1-2H3/q-1. The van der Waals surface area contributed by atoms with Gasteiger partial charge in [0.25, 0.3) is 0 Å². The summed E-state index contributed by atoms with van der Waals surface area (Å²) in [5, 5.41) is 8.82. The van der Waals surface area contributed by atoms with Crippen LogP contribution in [0.3, 0.4) is 0 Å². The van der Waals surface area contributed by atoms with Crippen LogP contribution in [0.15, 0.2) is 24.3 Å². The lowest BCUT2D eigenvalue weighted by Gasteiger charge is -2.20. The summed E-state index contributed by atoms with van der Waals surface area (Å²) >= 11 is 0. The summed E-state index contributed by atoms with van der Waals surface area (Å²) in [6, 6.07) is 6.91. The van der Waals surface area contributed by atoms with E-state index in [-0.39, 0.29) is 0 Å². The minimum Gasteiger partial charge on any atom is -0.445 e. The molecule has 0 aliphatic carbocycles. The molecule has 0 fully saturated rings. The molecule has 0 atom stereocenters. The molecule has 0 aliphatic heterocycles. The maximum absolute atomic E-state index is 12.4. The smallest absolute Gasteiger partial charge is 0.445 e. The molecular weight excluding hydrogens is 202 g/mol. The van der Waals surface area contributed by atoms with E-state index in [0.29, 0.717) is 5.56 Å². The zero-order chi connectivity index (χ0) is 11.7. The van der Waals surface area contributed by atoms with Gasteiger partial charge in [-0.2, -0.15) is 5.26 Å². The molecule has 0 radical (unpaired) electrons. The van der Waals surface area contributed by atoms with Gasteiger partial charge >= 0.3 is 6.98 Å². The Morgan fingerprint density at radius 3 is 2.33 bits per heavy atom. The molecule has 0 saturated heterocycles. The third-order valence-corrected chi connectivity index (χ3v) is 2.27. The Morgan fingerprint density at radius 2 is 1.87 bits per heavy atom. The summed E-state index contributed by atoms with van der Waals surface area (Å²) < 4.78 is 37.3. The second-order valence-corrected chi connectivity index (χ2v) is 3.94. The van der Waals surface area contributed by atoms with Crippen LogP contribution in [0.2, 0.25) is 0 Å². The largest absolute Gasteiger partial charge is 0.509 e. The van der Waals surface area contributed by atoms with Crippen molar-refractivity contribution in [3.8, 4) is 6.07 Å². The third kappa shape index (κ3) is 2.53. The zero-order valence-electron chi connectivity index (χ0n) is 8.47. The number of halogens is 3. The van der Waals surface area contributed by atoms with Crippen molar-refractivity contribution in [3.63, 3.8) is 0 Å². The Kier molecular flexibility index (Phi) is 2.80. The lowest BCUT2D eigenvalue weighted by atomic mass is 9.76. The van der Waals surface area contributed by atoms with E-state index in [4.69, 9.17) is 5.26 Å². The fourth-order valence-electron chi connectivity index (χ4n) is 1.20. The van der Waals surface area contributed by atoms with Gasteiger partial charge in [0, 0.05) is 0 Å². The second-order valence-electron chi connectivity index (χ2n) is 3.94. The Balaban J connectivity index is 3.22. The number of rotatable bonds is 2. The van der Waals surface area contributed by atoms with E-state index >= 15 is 0 Å². The number of nitriles is 1. The first kappa shape index (κ1) is 11.6. The molecule has 0 spiro atoms. The van der Waals surface area contributed by atoms with Crippen molar-refractivity contribution in [1.29, 1.82) is 5.26 Å². The summed E-state index contributed by atoms with van der Waals surface area (Å²) in [5.41, 5.74) is -1.16. The molecule has 0 aliphatic rings. The van der Waals surface area contributed by atoms with Crippen LogP contribution in [0.5, 0.6) is 0 Å². The molecule has 0 aromatic heterocycles. The van der Waals surface area contributed by atoms with Gasteiger partial charge in [-0.15, -0.1) is 5.46 Å². The second kappa shape index (κ2) is 3.61. The molecular formula is C10H10BF3N-. The Bertz CT molecular complexity index is 404. The zero-order valence-corrected chi connectivity index (χ0v) is 8.47. The molecule has 0 saturated carbocycles. The van der Waals surface area contributed by atoms with Crippen molar-refractivity contribution in [2.75, 3.05) is 0 Å². The highest BCUT2D eigenvalue weighted by Crippen LogP contribution is 2.22. The van der Waals surface area contributed by atoms with Crippen LogP contribution < -0.4 is 5.46 Å². The Morgan fingerprint density at radius 1 is 1.27 bits per heavy atom. The average molecular weight is 212 g/mol. The van der Waals surface area contributed by atoms with E-state index in [1.807, 2.05) is 6.07 Å². The van der Waals surface area contributed by atoms with Crippen LogP contribution in [0.4, 0.5) is 12.9 Å². The van der Waals surface area contributed by atoms with Gasteiger partial charge in [-0.1, -0.05) is 24.3 Å². The summed E-state index contributed by atoms with van der Waals surface area (Å²) in [6.07, 6.45) is 0. The first-order valence-electron chi connectivity index (χ1n) is 4.49. The predicted octanol–water partition coefficient (Wildman–Crippen LogP) is 2.54. The molecule has 0 heterocycles. The lowest BCUT2D eigenvalue weighted by molar-refractivity contribution is 0.500. The van der Waals surface area contributed by atoms with Gasteiger partial charge in [-0.25, -0.2) is 0 Å². The van der Waals surface area contributed by atoms with Crippen LogP contribution in [0.1, 0.15) is 19.4 Å². The van der Waals surface area contributed by atoms with Crippen molar-refractivity contribution in [2.45, 2.75) is 19.3 Å². The van der Waals surface area contributed by atoms with Crippen molar-refractivity contribution in [3.05, 3.63) is 29.8 Å². The van der Waals surface area contributed by atoms with Gasteiger partial charge in [-0.3, -0.25) is 0 Å². The van der Waals surface area contributed by atoms with E-state index in [1.54, 1.807) is 13.8 Å². The summed E-state index contributed by atoms with van der Waals surface area (Å²) in [7, 11) is 0. The molecule has 5 heteroatoms. The highest BCUT2D eigenvalue weighted by atomic mass is 19.4. The van der Waals surface area contributed by atoms with Crippen molar-refractivity contribution >= 4 is 12.4 Å². The highest BCUT2D eigenvalue weighted by Gasteiger charge is 2.27. The van der Waals surface area contributed by atoms with Crippen molar-refractivity contribution < 1.29 is 12.9 Å².